The number of nitrogens with zero attached hydrogens (tertiary/aromatic N) is 2. The third-order valence-electron chi connectivity index (χ3n) is 4.14. The Morgan fingerprint density at radius 2 is 1.80 bits per heavy atom. The molecule has 5 nitrogen and oxygen atoms in total. The van der Waals surface area contributed by atoms with Crippen LogP contribution in [-0.2, 0) is 4.74 Å². The molecule has 1 fully saturated rings. The molecule has 0 saturated carbocycles. The summed E-state index contributed by atoms with van der Waals surface area (Å²) >= 11 is 1.21. The lowest BCUT2D eigenvalue weighted by Crippen LogP contribution is -2.51. The summed E-state index contributed by atoms with van der Waals surface area (Å²) in [4.78, 5) is 16.0. The first-order chi connectivity index (χ1) is 12.1. The number of nitrogens with one attached hydrogen (secondary N) is 1. The van der Waals surface area contributed by atoms with Gasteiger partial charge < -0.3 is 15.0 Å². The zero-order valence-corrected chi connectivity index (χ0v) is 16.0. The van der Waals surface area contributed by atoms with Crippen LogP contribution in [0.3, 0.4) is 0 Å². The summed E-state index contributed by atoms with van der Waals surface area (Å²) in [6.07, 6.45) is 0. The molecule has 0 aliphatic carbocycles. The number of benzene rings is 1. The van der Waals surface area contributed by atoms with E-state index in [0.717, 1.165) is 31.7 Å². The van der Waals surface area contributed by atoms with Gasteiger partial charge in [0.15, 0.2) is 5.16 Å². The summed E-state index contributed by atoms with van der Waals surface area (Å²) in [5.41, 5.74) is 1.62. The van der Waals surface area contributed by atoms with Gasteiger partial charge in [0.2, 0.25) is 0 Å². The summed E-state index contributed by atoms with van der Waals surface area (Å²) in [6, 6.07) is 6.77. The molecule has 2 aliphatic rings. The number of rotatable bonds is 3. The van der Waals surface area contributed by atoms with Crippen LogP contribution in [0.5, 0.6) is 0 Å². The van der Waals surface area contributed by atoms with Crippen LogP contribution >= 0.6 is 11.8 Å². The maximum Gasteiger partial charge on any atom is 0.337 e. The van der Waals surface area contributed by atoms with Crippen molar-refractivity contribution in [2.24, 2.45) is 0 Å². The van der Waals surface area contributed by atoms with E-state index in [1.165, 1.54) is 18.9 Å². The van der Waals surface area contributed by atoms with Gasteiger partial charge in [0.1, 0.15) is 5.50 Å². The monoisotopic (exact) mass is 367 g/mol. The number of esters is 1. The number of hydrogen-bond donors (Lipinski definition) is 1. The highest BCUT2D eigenvalue weighted by molar-refractivity contribution is 8.03. The molecule has 7 heteroatoms. The number of carbonyl (C=O) groups is 1. The van der Waals surface area contributed by atoms with E-state index in [1.54, 1.807) is 24.3 Å². The molecule has 1 saturated heterocycles. The molecular weight excluding hydrogens is 341 g/mol. The Hall–Kier alpha value is -1.57. The molecule has 138 valence electrons. The van der Waals surface area contributed by atoms with Crippen LogP contribution in [-0.4, -0.2) is 61.6 Å². The number of piperazine rings is 1. The maximum absolute atomic E-state index is 14.3. The second kappa shape index (κ2) is 9.22. The highest BCUT2D eigenvalue weighted by atomic mass is 32.2. The van der Waals surface area contributed by atoms with Crippen LogP contribution in [0.25, 0.3) is 5.70 Å². The summed E-state index contributed by atoms with van der Waals surface area (Å²) in [5.74, 6) is -0.393. The number of methoxy groups -OCH3 is 1. The molecule has 0 radical (unpaired) electrons. The third kappa shape index (κ3) is 4.74. The van der Waals surface area contributed by atoms with E-state index in [2.05, 4.69) is 26.9 Å². The van der Waals surface area contributed by atoms with Crippen molar-refractivity contribution in [1.29, 1.82) is 0 Å². The van der Waals surface area contributed by atoms with Gasteiger partial charge in [-0.3, -0.25) is 4.90 Å². The van der Waals surface area contributed by atoms with Crippen molar-refractivity contribution in [1.82, 2.24) is 15.1 Å². The van der Waals surface area contributed by atoms with Crippen LogP contribution in [0.1, 0.15) is 29.8 Å². The first kappa shape index (κ1) is 19.8. The standard InChI is InChI=1S/C16H20FN3O2S.C2H6/c1-19-7-9-20(10-8-19)16-18-13(14(17)23-16)11-3-5-12(6-4-11)15(21)22-2;1-2/h3-6,16,18H,7-10H2,1-2H3;1-2H3. The average Bonchev–Trinajstić information content (AvgIpc) is 3.05. The lowest BCUT2D eigenvalue weighted by molar-refractivity contribution is 0.0600. The SMILES string of the molecule is CC.COC(=O)c1ccc(C2=C(F)SC(N3CCN(C)CC3)N2)cc1. The van der Waals surface area contributed by atoms with Crippen LogP contribution in [0, 0.1) is 0 Å². The molecule has 2 heterocycles. The highest BCUT2D eigenvalue weighted by Crippen LogP contribution is 2.37. The van der Waals surface area contributed by atoms with Crippen molar-refractivity contribution in [3.05, 3.63) is 40.6 Å². The van der Waals surface area contributed by atoms with Gasteiger partial charge in [0.05, 0.1) is 18.4 Å². The van der Waals surface area contributed by atoms with E-state index in [9.17, 15) is 9.18 Å². The molecule has 0 aromatic heterocycles. The molecule has 3 rings (SSSR count). The van der Waals surface area contributed by atoms with Gasteiger partial charge in [-0.2, -0.15) is 4.39 Å². The highest BCUT2D eigenvalue weighted by Gasteiger charge is 2.31. The van der Waals surface area contributed by atoms with E-state index in [1.807, 2.05) is 13.8 Å². The Kier molecular flexibility index (Phi) is 7.28. The minimum atomic E-state index is -0.393. The summed E-state index contributed by atoms with van der Waals surface area (Å²) in [7, 11) is 3.44. The number of likely N-dealkylation sites (N-methyl/N-ethyl adjacent to an activating group) is 1. The molecule has 1 aromatic rings. The predicted octanol–water partition coefficient (Wildman–Crippen LogP) is 2.96. The van der Waals surface area contributed by atoms with E-state index < -0.39 is 5.97 Å². The molecular formula is C18H26FN3O2S. The largest absolute Gasteiger partial charge is 0.465 e. The van der Waals surface area contributed by atoms with Crippen molar-refractivity contribution in [2.75, 3.05) is 40.3 Å². The molecule has 2 aliphatic heterocycles. The Morgan fingerprint density at radius 1 is 1.20 bits per heavy atom. The van der Waals surface area contributed by atoms with Crippen LogP contribution < -0.4 is 5.32 Å². The average molecular weight is 367 g/mol. The minimum Gasteiger partial charge on any atom is -0.465 e. The smallest absolute Gasteiger partial charge is 0.337 e. The van der Waals surface area contributed by atoms with Crippen molar-refractivity contribution < 1.29 is 13.9 Å². The normalized spacial score (nSPS) is 21.4. The van der Waals surface area contributed by atoms with E-state index in [-0.39, 0.29) is 10.7 Å². The van der Waals surface area contributed by atoms with E-state index in [0.29, 0.717) is 11.3 Å². The Labute approximate surface area is 153 Å². The molecule has 1 unspecified atom stereocenters. The third-order valence-corrected chi connectivity index (χ3v) is 5.19. The van der Waals surface area contributed by atoms with E-state index in [4.69, 9.17) is 0 Å². The fourth-order valence-corrected chi connectivity index (χ4v) is 3.70. The quantitative estimate of drug-likeness (QED) is 0.829. The molecule has 1 atom stereocenters. The van der Waals surface area contributed by atoms with Crippen molar-refractivity contribution in [3.8, 4) is 0 Å². The predicted molar refractivity (Wildman–Crippen MR) is 101 cm³/mol. The molecule has 0 amide bonds. The van der Waals surface area contributed by atoms with Gasteiger partial charge in [0, 0.05) is 31.7 Å². The molecule has 1 aromatic carbocycles. The van der Waals surface area contributed by atoms with E-state index >= 15 is 0 Å². The first-order valence-electron chi connectivity index (χ1n) is 8.53. The topological polar surface area (TPSA) is 44.8 Å². The van der Waals surface area contributed by atoms with Gasteiger partial charge in [-0.05, 0) is 19.2 Å². The summed E-state index contributed by atoms with van der Waals surface area (Å²) in [5, 5.41) is 3.05. The second-order valence-electron chi connectivity index (χ2n) is 5.67. The van der Waals surface area contributed by atoms with Gasteiger partial charge in [-0.15, -0.1) is 0 Å². The van der Waals surface area contributed by atoms with Crippen molar-refractivity contribution in [2.45, 2.75) is 19.3 Å². The zero-order chi connectivity index (χ0) is 18.4. The van der Waals surface area contributed by atoms with Crippen LogP contribution in [0.2, 0.25) is 0 Å². The molecule has 0 bridgehead atoms. The number of thioether (sulfide) groups is 1. The van der Waals surface area contributed by atoms with Gasteiger partial charge in [0.25, 0.3) is 0 Å². The fraction of sp³-hybridized carbons (Fsp3) is 0.500. The molecule has 25 heavy (non-hydrogen) atoms. The number of halogens is 1. The minimum absolute atomic E-state index is 0.0704. The summed E-state index contributed by atoms with van der Waals surface area (Å²) < 4.78 is 19.0. The van der Waals surface area contributed by atoms with Gasteiger partial charge in [-0.25, -0.2) is 4.79 Å². The molecule has 1 N–H and O–H groups in total. The summed E-state index contributed by atoms with van der Waals surface area (Å²) in [6.45, 7) is 7.82. The van der Waals surface area contributed by atoms with Crippen LogP contribution in [0.15, 0.2) is 29.4 Å². The van der Waals surface area contributed by atoms with Crippen LogP contribution in [0.4, 0.5) is 4.39 Å². The number of ether oxygens (including phenoxy) is 1. The Balaban J connectivity index is 0.00000109. The molecule has 0 spiro atoms. The number of carbonyl (C=O) groups excluding carboxylic acids is 1. The van der Waals surface area contributed by atoms with Crippen molar-refractivity contribution >= 4 is 23.4 Å². The Morgan fingerprint density at radius 3 is 2.36 bits per heavy atom. The van der Waals surface area contributed by atoms with Gasteiger partial charge in [-0.1, -0.05) is 37.7 Å². The maximum atomic E-state index is 14.3. The lowest BCUT2D eigenvalue weighted by Gasteiger charge is -2.36. The fourth-order valence-electron chi connectivity index (χ4n) is 2.68. The first-order valence-corrected chi connectivity index (χ1v) is 9.41. The van der Waals surface area contributed by atoms with Gasteiger partial charge >= 0.3 is 5.97 Å². The number of hydrogen-bond acceptors (Lipinski definition) is 6. The second-order valence-corrected chi connectivity index (χ2v) is 6.71. The zero-order valence-electron chi connectivity index (χ0n) is 15.2. The lowest BCUT2D eigenvalue weighted by atomic mass is 10.1. The van der Waals surface area contributed by atoms with Crippen molar-refractivity contribution in [3.63, 3.8) is 0 Å². The Bertz CT molecular complexity index is 613.